The van der Waals surface area contributed by atoms with E-state index in [-0.39, 0.29) is 5.69 Å². The molecule has 0 amide bonds. The zero-order valence-corrected chi connectivity index (χ0v) is 11.7. The van der Waals surface area contributed by atoms with E-state index in [1.54, 1.807) is 0 Å². The first kappa shape index (κ1) is 14.5. The number of anilines is 2. The minimum atomic E-state index is -0.419. The zero-order valence-electron chi connectivity index (χ0n) is 11.7. The fourth-order valence-corrected chi connectivity index (χ4v) is 2.56. The number of aromatic nitrogens is 1. The molecule has 0 radical (unpaired) electrons. The fraction of sp³-hybridized carbons (Fsp3) is 0.583. The smallest absolute Gasteiger partial charge is 0.311 e. The molecule has 8 heteroatoms. The molecule has 1 fully saturated rings. The topological polar surface area (TPSA) is 101 Å². The largest absolute Gasteiger partial charge is 0.352 e. The number of nitrogens with zero attached hydrogens (tertiary/aromatic N) is 4. The number of likely N-dealkylation sites (N-methyl/N-ethyl adjacent to an activating group) is 2. The number of nitrogens with two attached hydrogens (primary N) is 1. The minimum absolute atomic E-state index is 0.00727. The van der Waals surface area contributed by atoms with E-state index in [1.165, 1.54) is 12.1 Å². The van der Waals surface area contributed by atoms with Gasteiger partial charge in [0.05, 0.1) is 4.92 Å². The van der Waals surface area contributed by atoms with Gasteiger partial charge in [0.2, 0.25) is 5.82 Å². The summed E-state index contributed by atoms with van der Waals surface area (Å²) in [5.74, 6) is 6.07. The fourth-order valence-electron chi connectivity index (χ4n) is 2.56. The summed E-state index contributed by atoms with van der Waals surface area (Å²) in [5.41, 5.74) is 2.41. The van der Waals surface area contributed by atoms with Crippen molar-refractivity contribution in [3.05, 3.63) is 22.2 Å². The highest BCUT2D eigenvalue weighted by Crippen LogP contribution is 2.28. The van der Waals surface area contributed by atoms with E-state index in [4.69, 9.17) is 5.84 Å². The van der Waals surface area contributed by atoms with Crippen LogP contribution in [0.4, 0.5) is 17.3 Å². The van der Waals surface area contributed by atoms with Crippen molar-refractivity contribution in [2.45, 2.75) is 18.9 Å². The van der Waals surface area contributed by atoms with Crippen molar-refractivity contribution in [2.75, 3.05) is 37.5 Å². The van der Waals surface area contributed by atoms with E-state index in [9.17, 15) is 10.1 Å². The lowest BCUT2D eigenvalue weighted by Gasteiger charge is -2.26. The molecule has 1 aliphatic heterocycles. The van der Waals surface area contributed by atoms with Crippen LogP contribution < -0.4 is 16.2 Å². The Morgan fingerprint density at radius 2 is 2.40 bits per heavy atom. The van der Waals surface area contributed by atoms with E-state index >= 15 is 0 Å². The van der Waals surface area contributed by atoms with Gasteiger partial charge in [0.1, 0.15) is 5.82 Å². The number of nitro groups is 1. The maximum Gasteiger partial charge on any atom is 0.311 e. The first-order valence-corrected chi connectivity index (χ1v) is 6.56. The monoisotopic (exact) mass is 280 g/mol. The Balaban J connectivity index is 2.22. The number of hydrogen-bond acceptors (Lipinski definition) is 7. The number of nitrogens with one attached hydrogen (secondary N) is 1. The van der Waals surface area contributed by atoms with Gasteiger partial charge in [-0.25, -0.2) is 10.8 Å². The van der Waals surface area contributed by atoms with Crippen molar-refractivity contribution in [2.24, 2.45) is 5.84 Å². The minimum Gasteiger partial charge on any atom is -0.352 e. The second kappa shape index (κ2) is 6.02. The standard InChI is InChI=1S/C12H20N6O2/c1-16-7-3-4-9(16)8-17(2)12-10(18(19)20)5-6-11(14-12)15-13/h5-6,9H,3-4,7-8,13H2,1-2H3,(H,14,15). The highest BCUT2D eigenvalue weighted by molar-refractivity contribution is 5.61. The van der Waals surface area contributed by atoms with E-state index in [2.05, 4.69) is 22.4 Å². The molecular formula is C12H20N6O2. The molecule has 0 spiro atoms. The second-order valence-corrected chi connectivity index (χ2v) is 5.10. The Morgan fingerprint density at radius 1 is 1.65 bits per heavy atom. The molecule has 110 valence electrons. The molecular weight excluding hydrogens is 260 g/mol. The molecule has 0 bridgehead atoms. The zero-order chi connectivity index (χ0) is 14.7. The van der Waals surface area contributed by atoms with Gasteiger partial charge in [0, 0.05) is 25.7 Å². The summed E-state index contributed by atoms with van der Waals surface area (Å²) in [4.78, 5) is 19.0. The maximum atomic E-state index is 11.1. The number of rotatable bonds is 5. The molecule has 1 aliphatic rings. The van der Waals surface area contributed by atoms with E-state index < -0.39 is 4.92 Å². The van der Waals surface area contributed by atoms with E-state index in [0.717, 1.165) is 19.4 Å². The van der Waals surface area contributed by atoms with Crippen molar-refractivity contribution in [3.8, 4) is 0 Å². The Hall–Kier alpha value is -1.93. The van der Waals surface area contributed by atoms with Crippen LogP contribution in [-0.4, -0.2) is 48.0 Å². The number of hydrazine groups is 1. The number of likely N-dealkylation sites (tertiary alicyclic amines) is 1. The van der Waals surface area contributed by atoms with Crippen molar-refractivity contribution >= 4 is 17.3 Å². The molecule has 1 saturated heterocycles. The Bertz CT molecular complexity index is 495. The van der Waals surface area contributed by atoms with Gasteiger partial charge in [-0.15, -0.1) is 0 Å². The Morgan fingerprint density at radius 3 is 2.95 bits per heavy atom. The van der Waals surface area contributed by atoms with Crippen LogP contribution >= 0.6 is 0 Å². The van der Waals surface area contributed by atoms with Crippen LogP contribution in [0.15, 0.2) is 12.1 Å². The maximum absolute atomic E-state index is 11.1. The molecule has 1 atom stereocenters. The van der Waals surface area contributed by atoms with E-state index in [0.29, 0.717) is 24.2 Å². The highest BCUT2D eigenvalue weighted by atomic mass is 16.6. The number of hydrogen-bond donors (Lipinski definition) is 2. The Labute approximate surface area is 117 Å². The SMILES string of the molecule is CN(CC1CCCN1C)c1nc(NN)ccc1[N+](=O)[O-]. The lowest BCUT2D eigenvalue weighted by atomic mass is 10.2. The lowest BCUT2D eigenvalue weighted by Crippen LogP contribution is -2.37. The van der Waals surface area contributed by atoms with Crippen molar-refractivity contribution < 1.29 is 4.92 Å². The first-order chi connectivity index (χ1) is 9.52. The van der Waals surface area contributed by atoms with Crippen molar-refractivity contribution in [1.29, 1.82) is 0 Å². The molecule has 1 aromatic rings. The molecule has 2 rings (SSSR count). The summed E-state index contributed by atoms with van der Waals surface area (Å²) in [5, 5.41) is 11.1. The summed E-state index contributed by atoms with van der Waals surface area (Å²) < 4.78 is 0. The van der Waals surface area contributed by atoms with Gasteiger partial charge in [-0.1, -0.05) is 0 Å². The van der Waals surface area contributed by atoms with Gasteiger partial charge in [-0.2, -0.15) is 0 Å². The summed E-state index contributed by atoms with van der Waals surface area (Å²) in [6.45, 7) is 1.77. The molecule has 0 saturated carbocycles. The number of pyridine rings is 1. The summed E-state index contributed by atoms with van der Waals surface area (Å²) in [7, 11) is 3.90. The molecule has 0 aliphatic carbocycles. The third kappa shape index (κ3) is 2.97. The molecule has 1 aromatic heterocycles. The first-order valence-electron chi connectivity index (χ1n) is 6.56. The van der Waals surface area contributed by atoms with Crippen LogP contribution in [0.5, 0.6) is 0 Å². The average molecular weight is 280 g/mol. The summed E-state index contributed by atoms with van der Waals surface area (Å²) >= 11 is 0. The van der Waals surface area contributed by atoms with Crippen LogP contribution in [0.25, 0.3) is 0 Å². The normalized spacial score (nSPS) is 19.1. The van der Waals surface area contributed by atoms with Gasteiger partial charge in [-0.05, 0) is 32.5 Å². The lowest BCUT2D eigenvalue weighted by molar-refractivity contribution is -0.384. The van der Waals surface area contributed by atoms with Crippen molar-refractivity contribution in [3.63, 3.8) is 0 Å². The van der Waals surface area contributed by atoms with E-state index in [1.807, 2.05) is 11.9 Å². The van der Waals surface area contributed by atoms with Gasteiger partial charge >= 0.3 is 5.69 Å². The predicted molar refractivity (Wildman–Crippen MR) is 77.6 cm³/mol. The molecule has 2 heterocycles. The third-order valence-corrected chi connectivity index (χ3v) is 3.72. The number of nitrogen functional groups attached to an aromatic ring is 1. The summed E-state index contributed by atoms with van der Waals surface area (Å²) in [6.07, 6.45) is 2.26. The molecule has 20 heavy (non-hydrogen) atoms. The van der Waals surface area contributed by atoms with Crippen LogP contribution in [0, 0.1) is 10.1 Å². The molecule has 0 aromatic carbocycles. The van der Waals surface area contributed by atoms with Crippen LogP contribution in [0.3, 0.4) is 0 Å². The van der Waals surface area contributed by atoms with Crippen molar-refractivity contribution in [1.82, 2.24) is 9.88 Å². The highest BCUT2D eigenvalue weighted by Gasteiger charge is 2.26. The van der Waals surface area contributed by atoms with Gasteiger partial charge in [-0.3, -0.25) is 10.1 Å². The van der Waals surface area contributed by atoms with Gasteiger partial charge in [0.15, 0.2) is 0 Å². The molecule has 8 nitrogen and oxygen atoms in total. The molecule has 1 unspecified atom stereocenters. The quantitative estimate of drug-likeness (QED) is 0.467. The third-order valence-electron chi connectivity index (χ3n) is 3.72. The predicted octanol–water partition coefficient (Wildman–Crippen LogP) is 0.806. The summed E-state index contributed by atoms with van der Waals surface area (Å²) in [6, 6.07) is 3.32. The van der Waals surface area contributed by atoms with Gasteiger partial charge in [0.25, 0.3) is 0 Å². The Kier molecular flexibility index (Phi) is 4.35. The van der Waals surface area contributed by atoms with Crippen LogP contribution in [-0.2, 0) is 0 Å². The average Bonchev–Trinajstić information content (AvgIpc) is 2.83. The van der Waals surface area contributed by atoms with Crippen LogP contribution in [0.1, 0.15) is 12.8 Å². The second-order valence-electron chi connectivity index (χ2n) is 5.10. The molecule has 3 N–H and O–H groups in total. The van der Waals surface area contributed by atoms with Gasteiger partial charge < -0.3 is 15.2 Å². The van der Waals surface area contributed by atoms with Crippen LogP contribution in [0.2, 0.25) is 0 Å².